The topological polar surface area (TPSA) is 25.2 Å². The summed E-state index contributed by atoms with van der Waals surface area (Å²) < 4.78 is 5.57. The smallest absolute Gasteiger partial charge is 0.125 e. The predicted octanol–water partition coefficient (Wildman–Crippen LogP) is 3.61. The highest BCUT2D eigenvalue weighted by Crippen LogP contribution is 2.37. The van der Waals surface area contributed by atoms with E-state index in [0.29, 0.717) is 0 Å². The number of hydrogen-bond acceptors (Lipinski definition) is 2. The number of furan rings is 1. The third kappa shape index (κ3) is 2.49. The zero-order valence-electron chi connectivity index (χ0n) is 10.7. The number of nitrogens with one attached hydrogen (secondary N) is 1. The molecule has 3 unspecified atom stereocenters. The molecule has 1 fully saturated rings. The molecule has 1 aromatic heterocycles. The first kappa shape index (κ1) is 11.5. The van der Waals surface area contributed by atoms with Crippen LogP contribution in [0, 0.1) is 11.8 Å². The van der Waals surface area contributed by atoms with E-state index >= 15 is 0 Å². The highest BCUT2D eigenvalue weighted by Gasteiger charge is 2.33. The molecule has 1 saturated carbocycles. The van der Waals surface area contributed by atoms with Crippen molar-refractivity contribution in [3.63, 3.8) is 0 Å². The van der Waals surface area contributed by atoms with Gasteiger partial charge in [0.1, 0.15) is 5.76 Å². The standard InChI is InChI=1S/C16H19NO/c1-12-10-14(12)11-17-16(15-8-5-9-18-15)13-6-3-2-4-7-13/h2-9,12,14,16-17H,10-11H2,1H3. The van der Waals surface area contributed by atoms with E-state index in [1.165, 1.54) is 12.0 Å². The lowest BCUT2D eigenvalue weighted by atomic mass is 10.0. The lowest BCUT2D eigenvalue weighted by molar-refractivity contribution is 0.438. The van der Waals surface area contributed by atoms with Gasteiger partial charge in [0.15, 0.2) is 0 Å². The summed E-state index contributed by atoms with van der Waals surface area (Å²) in [5.74, 6) is 2.71. The van der Waals surface area contributed by atoms with Gasteiger partial charge in [0.25, 0.3) is 0 Å². The van der Waals surface area contributed by atoms with Crippen LogP contribution in [-0.4, -0.2) is 6.54 Å². The van der Waals surface area contributed by atoms with Gasteiger partial charge in [0.2, 0.25) is 0 Å². The maximum absolute atomic E-state index is 5.57. The molecule has 3 rings (SSSR count). The van der Waals surface area contributed by atoms with E-state index in [4.69, 9.17) is 4.42 Å². The molecule has 3 atom stereocenters. The summed E-state index contributed by atoms with van der Waals surface area (Å²) in [6, 6.07) is 14.7. The molecule has 1 aromatic carbocycles. The molecule has 1 aliphatic carbocycles. The zero-order chi connectivity index (χ0) is 12.4. The molecule has 2 nitrogen and oxygen atoms in total. The Kier molecular flexibility index (Phi) is 3.20. The predicted molar refractivity (Wildman–Crippen MR) is 72.3 cm³/mol. The minimum atomic E-state index is 0.175. The quantitative estimate of drug-likeness (QED) is 0.865. The van der Waals surface area contributed by atoms with E-state index in [2.05, 4.69) is 36.5 Å². The van der Waals surface area contributed by atoms with Crippen molar-refractivity contribution in [1.29, 1.82) is 0 Å². The molecule has 1 aliphatic rings. The van der Waals surface area contributed by atoms with Gasteiger partial charge in [-0.1, -0.05) is 37.3 Å². The Hall–Kier alpha value is -1.54. The summed E-state index contributed by atoms with van der Waals surface area (Å²) >= 11 is 0. The Bertz CT molecular complexity index is 477. The van der Waals surface area contributed by atoms with Crippen molar-refractivity contribution < 1.29 is 4.42 Å². The van der Waals surface area contributed by atoms with Crippen LogP contribution in [0.5, 0.6) is 0 Å². The number of rotatable bonds is 5. The molecule has 0 aliphatic heterocycles. The summed E-state index contributed by atoms with van der Waals surface area (Å²) in [5, 5.41) is 3.64. The van der Waals surface area contributed by atoms with Gasteiger partial charge in [0.05, 0.1) is 12.3 Å². The van der Waals surface area contributed by atoms with Crippen molar-refractivity contribution in [2.24, 2.45) is 11.8 Å². The molecule has 18 heavy (non-hydrogen) atoms. The zero-order valence-corrected chi connectivity index (χ0v) is 10.7. The number of hydrogen-bond donors (Lipinski definition) is 1. The molecule has 0 radical (unpaired) electrons. The van der Waals surface area contributed by atoms with Crippen LogP contribution < -0.4 is 5.32 Å². The van der Waals surface area contributed by atoms with Gasteiger partial charge in [-0.2, -0.15) is 0 Å². The summed E-state index contributed by atoms with van der Waals surface area (Å²) in [7, 11) is 0. The van der Waals surface area contributed by atoms with Crippen LogP contribution in [-0.2, 0) is 0 Å². The van der Waals surface area contributed by atoms with Crippen LogP contribution >= 0.6 is 0 Å². The summed E-state index contributed by atoms with van der Waals surface area (Å²) in [5.41, 5.74) is 1.26. The fraction of sp³-hybridized carbons (Fsp3) is 0.375. The normalized spacial score (nSPS) is 23.8. The molecule has 0 spiro atoms. The van der Waals surface area contributed by atoms with Gasteiger partial charge in [-0.15, -0.1) is 0 Å². The Morgan fingerprint density at radius 1 is 1.22 bits per heavy atom. The highest BCUT2D eigenvalue weighted by molar-refractivity contribution is 5.26. The van der Waals surface area contributed by atoms with Gasteiger partial charge in [-0.05, 0) is 42.5 Å². The maximum atomic E-state index is 5.57. The second-order valence-corrected chi connectivity index (χ2v) is 5.24. The van der Waals surface area contributed by atoms with Crippen LogP contribution in [0.1, 0.15) is 30.7 Å². The van der Waals surface area contributed by atoms with Crippen LogP contribution in [0.25, 0.3) is 0 Å². The van der Waals surface area contributed by atoms with Gasteiger partial charge >= 0.3 is 0 Å². The van der Waals surface area contributed by atoms with Crippen molar-refractivity contribution in [2.45, 2.75) is 19.4 Å². The van der Waals surface area contributed by atoms with Crippen molar-refractivity contribution >= 4 is 0 Å². The Morgan fingerprint density at radius 3 is 2.61 bits per heavy atom. The van der Waals surface area contributed by atoms with Crippen molar-refractivity contribution in [2.75, 3.05) is 6.54 Å². The fourth-order valence-electron chi connectivity index (χ4n) is 2.44. The lowest BCUT2D eigenvalue weighted by Gasteiger charge is -2.17. The second kappa shape index (κ2) is 4.99. The van der Waals surface area contributed by atoms with Crippen molar-refractivity contribution in [3.05, 3.63) is 60.1 Å². The first-order chi connectivity index (χ1) is 8.84. The highest BCUT2D eigenvalue weighted by atomic mass is 16.3. The molecule has 94 valence electrons. The van der Waals surface area contributed by atoms with Gasteiger partial charge < -0.3 is 9.73 Å². The average molecular weight is 241 g/mol. The largest absolute Gasteiger partial charge is 0.467 e. The monoisotopic (exact) mass is 241 g/mol. The fourth-order valence-corrected chi connectivity index (χ4v) is 2.44. The average Bonchev–Trinajstić information content (AvgIpc) is 2.90. The minimum absolute atomic E-state index is 0.175. The van der Waals surface area contributed by atoms with E-state index in [0.717, 1.165) is 24.1 Å². The third-order valence-corrected chi connectivity index (χ3v) is 3.82. The second-order valence-electron chi connectivity index (χ2n) is 5.24. The molecule has 0 bridgehead atoms. The molecule has 2 aromatic rings. The van der Waals surface area contributed by atoms with E-state index in [9.17, 15) is 0 Å². The van der Waals surface area contributed by atoms with Crippen molar-refractivity contribution in [3.8, 4) is 0 Å². The summed E-state index contributed by atoms with van der Waals surface area (Å²) in [6.45, 7) is 3.39. The minimum Gasteiger partial charge on any atom is -0.467 e. The van der Waals surface area contributed by atoms with E-state index in [1.54, 1.807) is 6.26 Å². The van der Waals surface area contributed by atoms with E-state index < -0.39 is 0 Å². The molecule has 0 amide bonds. The first-order valence-corrected chi connectivity index (χ1v) is 6.66. The van der Waals surface area contributed by atoms with Crippen LogP contribution in [0.4, 0.5) is 0 Å². The van der Waals surface area contributed by atoms with E-state index in [-0.39, 0.29) is 6.04 Å². The molecule has 0 saturated heterocycles. The Balaban J connectivity index is 1.76. The molecular formula is C16H19NO. The summed E-state index contributed by atoms with van der Waals surface area (Å²) in [6.07, 6.45) is 3.10. The van der Waals surface area contributed by atoms with Gasteiger partial charge in [0, 0.05) is 0 Å². The SMILES string of the molecule is CC1CC1CNC(c1ccccc1)c1ccco1. The molecule has 1 heterocycles. The molecule has 2 heteroatoms. The Labute approximate surface area is 108 Å². The first-order valence-electron chi connectivity index (χ1n) is 6.66. The van der Waals surface area contributed by atoms with Crippen LogP contribution in [0.2, 0.25) is 0 Å². The maximum Gasteiger partial charge on any atom is 0.125 e. The third-order valence-electron chi connectivity index (χ3n) is 3.82. The van der Waals surface area contributed by atoms with Crippen LogP contribution in [0.15, 0.2) is 53.1 Å². The van der Waals surface area contributed by atoms with E-state index in [1.807, 2.05) is 18.2 Å². The Morgan fingerprint density at radius 2 is 2.00 bits per heavy atom. The summed E-state index contributed by atoms with van der Waals surface area (Å²) in [4.78, 5) is 0. The van der Waals surface area contributed by atoms with Gasteiger partial charge in [-0.25, -0.2) is 0 Å². The number of benzene rings is 1. The molecular weight excluding hydrogens is 222 g/mol. The lowest BCUT2D eigenvalue weighted by Crippen LogP contribution is -2.24. The van der Waals surface area contributed by atoms with Crippen LogP contribution in [0.3, 0.4) is 0 Å². The van der Waals surface area contributed by atoms with Gasteiger partial charge in [-0.3, -0.25) is 0 Å². The molecule has 1 N–H and O–H groups in total. The van der Waals surface area contributed by atoms with Crippen molar-refractivity contribution in [1.82, 2.24) is 5.32 Å².